The number of benzene rings is 1. The lowest BCUT2D eigenvalue weighted by molar-refractivity contribution is -0.131. The Hall–Kier alpha value is -1.81. The molecular formula is C16H21N3O. The molecule has 2 aromatic rings. The van der Waals surface area contributed by atoms with Crippen molar-refractivity contribution in [3.05, 3.63) is 35.5 Å². The average molecular weight is 271 g/mol. The maximum atomic E-state index is 12.4. The van der Waals surface area contributed by atoms with Gasteiger partial charge in [0.25, 0.3) is 0 Å². The van der Waals surface area contributed by atoms with Crippen LogP contribution in [0.2, 0.25) is 0 Å². The van der Waals surface area contributed by atoms with E-state index in [0.29, 0.717) is 6.42 Å². The molecule has 1 aliphatic rings. The van der Waals surface area contributed by atoms with Crippen molar-refractivity contribution in [1.29, 1.82) is 0 Å². The summed E-state index contributed by atoms with van der Waals surface area (Å²) < 4.78 is 2.13. The number of carbonyl (C=O) groups excluding carboxylic acids is 1. The molecule has 4 heteroatoms. The molecular weight excluding hydrogens is 250 g/mol. The SMILES string of the molecule is Cc1cccc2c(CC(=O)N3CCNCC3)cn(C)c12. The van der Waals surface area contributed by atoms with Crippen molar-refractivity contribution in [3.63, 3.8) is 0 Å². The summed E-state index contributed by atoms with van der Waals surface area (Å²) in [6.07, 6.45) is 2.60. The third-order valence-corrected chi connectivity index (χ3v) is 4.10. The van der Waals surface area contributed by atoms with Gasteiger partial charge in [0.05, 0.1) is 11.9 Å². The molecule has 1 aromatic heterocycles. The Balaban J connectivity index is 1.87. The number of hydrogen-bond acceptors (Lipinski definition) is 2. The minimum Gasteiger partial charge on any atom is -0.350 e. The Bertz CT molecular complexity index is 638. The van der Waals surface area contributed by atoms with Crippen LogP contribution >= 0.6 is 0 Å². The van der Waals surface area contributed by atoms with Crippen molar-refractivity contribution in [2.24, 2.45) is 7.05 Å². The van der Waals surface area contributed by atoms with Gasteiger partial charge in [0.2, 0.25) is 5.91 Å². The van der Waals surface area contributed by atoms with E-state index in [1.807, 2.05) is 11.9 Å². The highest BCUT2D eigenvalue weighted by atomic mass is 16.2. The first-order valence-electron chi connectivity index (χ1n) is 7.19. The summed E-state index contributed by atoms with van der Waals surface area (Å²) in [5.41, 5.74) is 3.62. The van der Waals surface area contributed by atoms with Crippen LogP contribution in [0.25, 0.3) is 10.9 Å². The molecule has 3 rings (SSSR count). The highest BCUT2D eigenvalue weighted by molar-refractivity contribution is 5.91. The van der Waals surface area contributed by atoms with E-state index in [1.54, 1.807) is 0 Å². The topological polar surface area (TPSA) is 37.3 Å². The highest BCUT2D eigenvalue weighted by Crippen LogP contribution is 2.24. The van der Waals surface area contributed by atoms with Gasteiger partial charge in [0.15, 0.2) is 0 Å². The number of carbonyl (C=O) groups is 1. The molecule has 106 valence electrons. The van der Waals surface area contributed by atoms with Crippen molar-refractivity contribution in [3.8, 4) is 0 Å². The second-order valence-corrected chi connectivity index (χ2v) is 5.54. The standard InChI is InChI=1S/C16H21N3O/c1-12-4-3-5-14-13(11-18(2)16(12)14)10-15(20)19-8-6-17-7-9-19/h3-5,11,17H,6-10H2,1-2H3. The highest BCUT2D eigenvalue weighted by Gasteiger charge is 2.18. The minimum absolute atomic E-state index is 0.237. The van der Waals surface area contributed by atoms with Gasteiger partial charge in [-0.2, -0.15) is 0 Å². The number of rotatable bonds is 2. The predicted octanol–water partition coefficient (Wildman–Crippen LogP) is 1.46. The largest absolute Gasteiger partial charge is 0.350 e. The number of fused-ring (bicyclic) bond motifs is 1. The lowest BCUT2D eigenvalue weighted by Crippen LogP contribution is -2.46. The van der Waals surface area contributed by atoms with E-state index in [2.05, 4.69) is 41.2 Å². The van der Waals surface area contributed by atoms with Crippen LogP contribution in [-0.4, -0.2) is 41.6 Å². The first kappa shape index (κ1) is 13.2. The first-order chi connectivity index (χ1) is 9.66. The number of nitrogens with one attached hydrogen (secondary N) is 1. The summed E-state index contributed by atoms with van der Waals surface area (Å²) in [5, 5.41) is 4.48. The molecule has 1 N–H and O–H groups in total. The van der Waals surface area contributed by atoms with Crippen LogP contribution in [-0.2, 0) is 18.3 Å². The van der Waals surface area contributed by atoms with Crippen LogP contribution in [0.15, 0.2) is 24.4 Å². The van der Waals surface area contributed by atoms with E-state index in [1.165, 1.54) is 16.5 Å². The molecule has 1 saturated heterocycles. The molecule has 0 spiro atoms. The summed E-state index contributed by atoms with van der Waals surface area (Å²) in [4.78, 5) is 14.4. The van der Waals surface area contributed by atoms with Gasteiger partial charge in [0.1, 0.15) is 0 Å². The molecule has 0 radical (unpaired) electrons. The van der Waals surface area contributed by atoms with Gasteiger partial charge in [-0.1, -0.05) is 18.2 Å². The van der Waals surface area contributed by atoms with E-state index in [9.17, 15) is 4.79 Å². The van der Waals surface area contributed by atoms with Crippen LogP contribution in [0.5, 0.6) is 0 Å². The van der Waals surface area contributed by atoms with Crippen LogP contribution in [0, 0.1) is 6.92 Å². The number of para-hydroxylation sites is 1. The zero-order valence-electron chi connectivity index (χ0n) is 12.1. The Morgan fingerprint density at radius 3 is 2.80 bits per heavy atom. The summed E-state index contributed by atoms with van der Waals surface area (Å²) in [7, 11) is 2.05. The van der Waals surface area contributed by atoms with Crippen LogP contribution in [0.4, 0.5) is 0 Å². The molecule has 1 aliphatic heterocycles. The molecule has 20 heavy (non-hydrogen) atoms. The maximum Gasteiger partial charge on any atom is 0.227 e. The van der Waals surface area contributed by atoms with Crippen LogP contribution in [0.1, 0.15) is 11.1 Å². The van der Waals surface area contributed by atoms with Gasteiger partial charge in [-0.3, -0.25) is 4.79 Å². The maximum absolute atomic E-state index is 12.4. The van der Waals surface area contributed by atoms with Crippen molar-refractivity contribution < 1.29 is 4.79 Å². The first-order valence-corrected chi connectivity index (χ1v) is 7.19. The fourth-order valence-electron chi connectivity index (χ4n) is 3.08. The van der Waals surface area contributed by atoms with E-state index >= 15 is 0 Å². The summed E-state index contributed by atoms with van der Waals surface area (Å²) >= 11 is 0. The molecule has 0 bridgehead atoms. The third kappa shape index (κ3) is 2.31. The monoisotopic (exact) mass is 271 g/mol. The van der Waals surface area contributed by atoms with E-state index in [4.69, 9.17) is 0 Å². The van der Waals surface area contributed by atoms with E-state index < -0.39 is 0 Å². The Labute approximate surface area is 119 Å². The van der Waals surface area contributed by atoms with Crippen molar-refractivity contribution in [1.82, 2.24) is 14.8 Å². The van der Waals surface area contributed by atoms with Gasteiger partial charge < -0.3 is 14.8 Å². The number of aromatic nitrogens is 1. The average Bonchev–Trinajstić information content (AvgIpc) is 2.77. The number of aryl methyl sites for hydroxylation is 2. The van der Waals surface area contributed by atoms with Gasteiger partial charge in [-0.25, -0.2) is 0 Å². The van der Waals surface area contributed by atoms with Gasteiger partial charge in [-0.05, 0) is 18.1 Å². The summed E-state index contributed by atoms with van der Waals surface area (Å²) in [5.74, 6) is 0.237. The fraction of sp³-hybridized carbons (Fsp3) is 0.438. The summed E-state index contributed by atoms with van der Waals surface area (Å²) in [6.45, 7) is 5.57. The Morgan fingerprint density at radius 2 is 2.05 bits per heavy atom. The minimum atomic E-state index is 0.237. The molecule has 0 saturated carbocycles. The second-order valence-electron chi connectivity index (χ2n) is 5.54. The van der Waals surface area contributed by atoms with Crippen molar-refractivity contribution in [2.45, 2.75) is 13.3 Å². The molecule has 1 aromatic carbocycles. The molecule has 0 aliphatic carbocycles. The van der Waals surface area contributed by atoms with Crippen LogP contribution in [0.3, 0.4) is 0 Å². The van der Waals surface area contributed by atoms with Crippen molar-refractivity contribution in [2.75, 3.05) is 26.2 Å². The molecule has 1 fully saturated rings. The smallest absolute Gasteiger partial charge is 0.227 e. The molecule has 2 heterocycles. The lowest BCUT2D eigenvalue weighted by Gasteiger charge is -2.27. The molecule has 0 unspecified atom stereocenters. The Kier molecular flexibility index (Phi) is 3.49. The van der Waals surface area contributed by atoms with Gasteiger partial charge in [0, 0.05) is 44.8 Å². The van der Waals surface area contributed by atoms with E-state index in [-0.39, 0.29) is 5.91 Å². The zero-order valence-corrected chi connectivity index (χ0v) is 12.1. The molecule has 0 atom stereocenters. The Morgan fingerprint density at radius 1 is 1.30 bits per heavy atom. The van der Waals surface area contributed by atoms with E-state index in [0.717, 1.165) is 31.7 Å². The summed E-state index contributed by atoms with van der Waals surface area (Å²) in [6, 6.07) is 6.30. The zero-order chi connectivity index (χ0) is 14.1. The number of amides is 1. The van der Waals surface area contributed by atoms with Gasteiger partial charge in [-0.15, -0.1) is 0 Å². The normalized spacial score (nSPS) is 15.8. The van der Waals surface area contributed by atoms with Crippen molar-refractivity contribution >= 4 is 16.8 Å². The fourth-order valence-corrected chi connectivity index (χ4v) is 3.08. The second kappa shape index (κ2) is 5.29. The number of piperazine rings is 1. The molecule has 4 nitrogen and oxygen atoms in total. The number of nitrogens with zero attached hydrogens (tertiary/aromatic N) is 2. The predicted molar refractivity (Wildman–Crippen MR) is 80.8 cm³/mol. The number of hydrogen-bond donors (Lipinski definition) is 1. The van der Waals surface area contributed by atoms with Gasteiger partial charge >= 0.3 is 0 Å². The lowest BCUT2D eigenvalue weighted by atomic mass is 10.1. The quantitative estimate of drug-likeness (QED) is 0.898. The molecule has 1 amide bonds. The van der Waals surface area contributed by atoms with Crippen LogP contribution < -0.4 is 5.32 Å². The third-order valence-electron chi connectivity index (χ3n) is 4.10.